The van der Waals surface area contributed by atoms with E-state index < -0.39 is 0 Å². The molecule has 8 nitrogen and oxygen atoms in total. The maximum absolute atomic E-state index is 12.9. The van der Waals surface area contributed by atoms with E-state index in [9.17, 15) is 4.79 Å². The number of aromatic nitrogens is 4. The van der Waals surface area contributed by atoms with Crippen LogP contribution in [0, 0.1) is 0 Å². The standard InChI is InChI=1S/C18H26N6O2S/c1-22(2)15-8-6-14(7-9-15)11-24(12-16-5-4-10-26-16)17(25)13-27-18-19-20-21-23(18)3/h6-9,16H,4-5,10-13H2,1-3H3/t16-/m1/s1. The Balaban J connectivity index is 1.65. The normalized spacial score (nSPS) is 16.5. The van der Waals surface area contributed by atoms with Crippen molar-refractivity contribution in [3.05, 3.63) is 29.8 Å². The smallest absolute Gasteiger partial charge is 0.233 e. The fraction of sp³-hybridized carbons (Fsp3) is 0.556. The molecule has 1 saturated heterocycles. The second kappa shape index (κ2) is 9.18. The van der Waals surface area contributed by atoms with E-state index in [-0.39, 0.29) is 12.0 Å². The van der Waals surface area contributed by atoms with Crippen molar-refractivity contribution in [2.75, 3.05) is 37.9 Å². The van der Waals surface area contributed by atoms with Crippen molar-refractivity contribution in [1.29, 1.82) is 0 Å². The maximum Gasteiger partial charge on any atom is 0.233 e. The molecule has 146 valence electrons. The summed E-state index contributed by atoms with van der Waals surface area (Å²) in [5.41, 5.74) is 2.25. The lowest BCUT2D eigenvalue weighted by Crippen LogP contribution is -2.38. The number of nitrogens with zero attached hydrogens (tertiary/aromatic N) is 6. The number of carbonyl (C=O) groups is 1. The summed E-state index contributed by atoms with van der Waals surface area (Å²) in [5, 5.41) is 12.0. The number of tetrazole rings is 1. The van der Waals surface area contributed by atoms with Gasteiger partial charge in [-0.05, 0) is 41.0 Å². The van der Waals surface area contributed by atoms with Gasteiger partial charge < -0.3 is 14.5 Å². The average Bonchev–Trinajstić information content (AvgIpc) is 3.31. The van der Waals surface area contributed by atoms with Crippen molar-refractivity contribution in [2.45, 2.75) is 30.6 Å². The Morgan fingerprint density at radius 3 is 2.70 bits per heavy atom. The van der Waals surface area contributed by atoms with Gasteiger partial charge in [-0.3, -0.25) is 4.79 Å². The summed E-state index contributed by atoms with van der Waals surface area (Å²) in [6, 6.07) is 8.30. The van der Waals surface area contributed by atoms with Crippen LogP contribution in [-0.2, 0) is 23.1 Å². The Kier molecular flexibility index (Phi) is 6.68. The minimum Gasteiger partial charge on any atom is -0.378 e. The van der Waals surface area contributed by atoms with Gasteiger partial charge in [0.15, 0.2) is 0 Å². The Labute approximate surface area is 163 Å². The molecule has 1 aromatic carbocycles. The first kappa shape index (κ1) is 19.6. The number of ether oxygens (including phenoxy) is 1. The summed E-state index contributed by atoms with van der Waals surface area (Å²) >= 11 is 1.35. The number of carbonyl (C=O) groups excluding carboxylic acids is 1. The number of rotatable bonds is 8. The van der Waals surface area contributed by atoms with Crippen LogP contribution in [0.3, 0.4) is 0 Å². The van der Waals surface area contributed by atoms with Crippen molar-refractivity contribution in [3.63, 3.8) is 0 Å². The lowest BCUT2D eigenvalue weighted by Gasteiger charge is -2.26. The van der Waals surface area contributed by atoms with Crippen molar-refractivity contribution < 1.29 is 9.53 Å². The number of anilines is 1. The van der Waals surface area contributed by atoms with Crippen molar-refractivity contribution in [2.24, 2.45) is 7.05 Å². The van der Waals surface area contributed by atoms with Gasteiger partial charge in [0.25, 0.3) is 0 Å². The molecular formula is C18H26N6O2S. The molecular weight excluding hydrogens is 364 g/mol. The SMILES string of the molecule is CN(C)c1ccc(CN(C[C@H]2CCCO2)C(=O)CSc2nnnn2C)cc1. The summed E-state index contributed by atoms with van der Waals surface area (Å²) in [7, 11) is 5.80. The highest BCUT2D eigenvalue weighted by Gasteiger charge is 2.23. The lowest BCUT2D eigenvalue weighted by molar-refractivity contribution is -0.130. The third kappa shape index (κ3) is 5.43. The second-order valence-corrected chi connectivity index (χ2v) is 7.79. The number of amides is 1. The zero-order valence-electron chi connectivity index (χ0n) is 16.0. The molecule has 1 aromatic heterocycles. The summed E-state index contributed by atoms with van der Waals surface area (Å²) in [4.78, 5) is 16.8. The summed E-state index contributed by atoms with van der Waals surface area (Å²) in [5.74, 6) is 0.367. The van der Waals surface area contributed by atoms with E-state index in [1.807, 2.05) is 19.0 Å². The molecule has 27 heavy (non-hydrogen) atoms. The van der Waals surface area contributed by atoms with Crippen molar-refractivity contribution in [3.8, 4) is 0 Å². The predicted octanol–water partition coefficient (Wildman–Crippen LogP) is 1.58. The molecule has 1 amide bonds. The van der Waals surface area contributed by atoms with Crippen LogP contribution in [-0.4, -0.2) is 70.1 Å². The molecule has 0 saturated carbocycles. The van der Waals surface area contributed by atoms with E-state index in [1.54, 1.807) is 11.7 Å². The van der Waals surface area contributed by atoms with E-state index in [1.165, 1.54) is 11.8 Å². The zero-order valence-corrected chi connectivity index (χ0v) is 16.9. The second-order valence-electron chi connectivity index (χ2n) is 6.84. The van der Waals surface area contributed by atoms with Crippen LogP contribution in [0.1, 0.15) is 18.4 Å². The van der Waals surface area contributed by atoms with E-state index in [4.69, 9.17) is 4.74 Å². The number of hydrogen-bond acceptors (Lipinski definition) is 7. The average molecular weight is 391 g/mol. The van der Waals surface area contributed by atoms with Crippen LogP contribution in [0.15, 0.2) is 29.4 Å². The summed E-state index contributed by atoms with van der Waals surface area (Å²) < 4.78 is 7.32. The highest BCUT2D eigenvalue weighted by atomic mass is 32.2. The van der Waals surface area contributed by atoms with Crippen LogP contribution in [0.5, 0.6) is 0 Å². The highest BCUT2D eigenvalue weighted by molar-refractivity contribution is 7.99. The molecule has 2 aromatic rings. The fourth-order valence-electron chi connectivity index (χ4n) is 2.97. The molecule has 1 aliphatic rings. The van der Waals surface area contributed by atoms with E-state index >= 15 is 0 Å². The third-order valence-corrected chi connectivity index (χ3v) is 5.53. The van der Waals surface area contributed by atoms with Gasteiger partial charge in [-0.1, -0.05) is 23.9 Å². The van der Waals surface area contributed by atoms with Gasteiger partial charge in [0.05, 0.1) is 11.9 Å². The Bertz CT molecular complexity index is 743. The van der Waals surface area contributed by atoms with Gasteiger partial charge in [-0.25, -0.2) is 4.68 Å². The summed E-state index contributed by atoms with van der Waals surface area (Å²) in [6.45, 7) is 1.97. The van der Waals surface area contributed by atoms with Gasteiger partial charge in [0, 0.05) is 46.5 Å². The number of thioether (sulfide) groups is 1. The van der Waals surface area contributed by atoms with Crippen LogP contribution in [0.4, 0.5) is 5.69 Å². The molecule has 0 spiro atoms. The largest absolute Gasteiger partial charge is 0.378 e. The van der Waals surface area contributed by atoms with Gasteiger partial charge >= 0.3 is 0 Å². The topological polar surface area (TPSA) is 76.4 Å². The van der Waals surface area contributed by atoms with Crippen molar-refractivity contribution in [1.82, 2.24) is 25.1 Å². The number of aryl methyl sites for hydroxylation is 1. The van der Waals surface area contributed by atoms with Crippen LogP contribution in [0.2, 0.25) is 0 Å². The maximum atomic E-state index is 12.9. The monoisotopic (exact) mass is 390 g/mol. The zero-order chi connectivity index (χ0) is 19.2. The fourth-order valence-corrected chi connectivity index (χ4v) is 3.72. The van der Waals surface area contributed by atoms with E-state index in [2.05, 4.69) is 44.7 Å². The quantitative estimate of drug-likeness (QED) is 0.633. The van der Waals surface area contributed by atoms with Gasteiger partial charge in [-0.2, -0.15) is 0 Å². The molecule has 0 radical (unpaired) electrons. The molecule has 2 heterocycles. The highest BCUT2D eigenvalue weighted by Crippen LogP contribution is 2.19. The minimum atomic E-state index is 0.0650. The molecule has 3 rings (SSSR count). The van der Waals surface area contributed by atoms with Gasteiger partial charge in [0.1, 0.15) is 0 Å². The molecule has 1 atom stereocenters. The molecule has 0 N–H and O–H groups in total. The van der Waals surface area contributed by atoms with Gasteiger partial charge in [-0.15, -0.1) is 5.10 Å². The van der Waals surface area contributed by atoms with Crippen molar-refractivity contribution >= 4 is 23.4 Å². The molecule has 1 aliphatic heterocycles. The molecule has 0 aliphatic carbocycles. The first-order chi connectivity index (χ1) is 13.0. The van der Waals surface area contributed by atoms with E-state index in [0.717, 1.165) is 30.7 Å². The molecule has 9 heteroatoms. The van der Waals surface area contributed by atoms with E-state index in [0.29, 0.717) is 24.0 Å². The first-order valence-electron chi connectivity index (χ1n) is 9.03. The Morgan fingerprint density at radius 2 is 2.11 bits per heavy atom. The Morgan fingerprint density at radius 1 is 1.33 bits per heavy atom. The van der Waals surface area contributed by atoms with Crippen LogP contribution in [0.25, 0.3) is 0 Å². The number of hydrogen-bond donors (Lipinski definition) is 0. The predicted molar refractivity (Wildman–Crippen MR) is 105 cm³/mol. The molecule has 1 fully saturated rings. The van der Waals surface area contributed by atoms with Crippen LogP contribution < -0.4 is 4.90 Å². The molecule has 0 bridgehead atoms. The first-order valence-corrected chi connectivity index (χ1v) is 10.0. The minimum absolute atomic E-state index is 0.0650. The van der Waals surface area contributed by atoms with Crippen LogP contribution >= 0.6 is 11.8 Å². The molecule has 0 unspecified atom stereocenters. The summed E-state index contributed by atoms with van der Waals surface area (Å²) in [6.07, 6.45) is 2.18. The Hall–Kier alpha value is -2.13. The van der Waals surface area contributed by atoms with Gasteiger partial charge in [0.2, 0.25) is 11.1 Å². The number of benzene rings is 1. The lowest BCUT2D eigenvalue weighted by atomic mass is 10.1. The third-order valence-electron chi connectivity index (χ3n) is 4.53.